The molecule has 2 atom stereocenters. The molecule has 0 radical (unpaired) electrons. The smallest absolute Gasteiger partial charge is 0.104 e. The van der Waals surface area contributed by atoms with Crippen LogP contribution in [0.2, 0.25) is 0 Å². The van der Waals surface area contributed by atoms with E-state index in [1.54, 1.807) is 0 Å². The van der Waals surface area contributed by atoms with Gasteiger partial charge in [-0.1, -0.05) is 6.92 Å². The summed E-state index contributed by atoms with van der Waals surface area (Å²) in [6.07, 6.45) is 1.90. The highest BCUT2D eigenvalue weighted by Crippen LogP contribution is 2.10. The van der Waals surface area contributed by atoms with Gasteiger partial charge in [0, 0.05) is 0 Å². The highest BCUT2D eigenvalue weighted by atomic mass is 16.6. The van der Waals surface area contributed by atoms with Crippen molar-refractivity contribution in [1.82, 2.24) is 0 Å². The van der Waals surface area contributed by atoms with Crippen LogP contribution < -0.4 is 0 Å². The van der Waals surface area contributed by atoms with Gasteiger partial charge in [-0.2, -0.15) is 0 Å². The Morgan fingerprint density at radius 2 is 2.44 bits per heavy atom. The molecule has 0 N–H and O–H groups in total. The summed E-state index contributed by atoms with van der Waals surface area (Å²) < 4.78 is 10.4. The van der Waals surface area contributed by atoms with Crippen LogP contribution in [0.3, 0.4) is 0 Å². The first-order chi connectivity index (χ1) is 4.33. The molecule has 0 aliphatic carbocycles. The van der Waals surface area contributed by atoms with Crippen molar-refractivity contribution < 1.29 is 9.47 Å². The molecule has 0 aromatic rings. The third-order valence-corrected chi connectivity index (χ3v) is 1.54. The van der Waals surface area contributed by atoms with Gasteiger partial charge in [0.2, 0.25) is 0 Å². The molecule has 0 amide bonds. The molecule has 0 bridgehead atoms. The van der Waals surface area contributed by atoms with Gasteiger partial charge < -0.3 is 9.47 Å². The second-order valence-electron chi connectivity index (χ2n) is 2.51. The zero-order chi connectivity index (χ0) is 6.69. The van der Waals surface area contributed by atoms with Crippen LogP contribution in [0.15, 0.2) is 0 Å². The number of ether oxygens (including phenoxy) is 2. The van der Waals surface area contributed by atoms with Crippen molar-refractivity contribution in [2.45, 2.75) is 32.5 Å². The normalized spacial score (nSPS) is 28.0. The molecule has 0 aromatic heterocycles. The van der Waals surface area contributed by atoms with Gasteiger partial charge in [-0.25, -0.2) is 0 Å². The zero-order valence-corrected chi connectivity index (χ0v) is 6.09. The van der Waals surface area contributed by atoms with Gasteiger partial charge >= 0.3 is 0 Å². The second kappa shape index (κ2) is 3.18. The Bertz CT molecular complexity index is 79.0. The van der Waals surface area contributed by atoms with Gasteiger partial charge in [-0.15, -0.1) is 0 Å². The SMILES string of the molecule is CCC(C)OC[C@H]1CO1. The van der Waals surface area contributed by atoms with Crippen molar-refractivity contribution in [3.05, 3.63) is 0 Å². The molecule has 1 aliphatic heterocycles. The van der Waals surface area contributed by atoms with Crippen LogP contribution in [0.25, 0.3) is 0 Å². The summed E-state index contributed by atoms with van der Waals surface area (Å²) in [4.78, 5) is 0. The molecule has 0 aromatic carbocycles. The van der Waals surface area contributed by atoms with Crippen molar-refractivity contribution in [1.29, 1.82) is 0 Å². The molecule has 54 valence electrons. The second-order valence-corrected chi connectivity index (χ2v) is 2.51. The van der Waals surface area contributed by atoms with Crippen LogP contribution >= 0.6 is 0 Å². The van der Waals surface area contributed by atoms with E-state index in [1.807, 2.05) is 0 Å². The summed E-state index contributed by atoms with van der Waals surface area (Å²) in [5.41, 5.74) is 0. The standard InChI is InChI=1S/C7H14O2/c1-3-6(2)8-4-7-5-9-7/h6-7H,3-5H2,1-2H3/t6?,7-/m0/s1. The molecule has 1 unspecified atom stereocenters. The first-order valence-corrected chi connectivity index (χ1v) is 3.56. The molecule has 2 nitrogen and oxygen atoms in total. The summed E-state index contributed by atoms with van der Waals surface area (Å²) in [7, 11) is 0. The summed E-state index contributed by atoms with van der Waals surface area (Å²) in [5, 5.41) is 0. The summed E-state index contributed by atoms with van der Waals surface area (Å²) in [5.74, 6) is 0. The van der Waals surface area contributed by atoms with Crippen molar-refractivity contribution >= 4 is 0 Å². The minimum absolute atomic E-state index is 0.397. The molecular weight excluding hydrogens is 116 g/mol. The molecule has 2 heteroatoms. The maximum Gasteiger partial charge on any atom is 0.104 e. The lowest BCUT2D eigenvalue weighted by Gasteiger charge is -2.07. The monoisotopic (exact) mass is 130 g/mol. The van der Waals surface area contributed by atoms with Gasteiger partial charge in [-0.05, 0) is 13.3 Å². The van der Waals surface area contributed by atoms with Crippen LogP contribution in [-0.2, 0) is 9.47 Å². The predicted octanol–water partition coefficient (Wildman–Crippen LogP) is 1.20. The van der Waals surface area contributed by atoms with Gasteiger partial charge in [0.05, 0.1) is 19.3 Å². The molecule has 1 fully saturated rings. The summed E-state index contributed by atoms with van der Waals surface area (Å²) in [6.45, 7) is 5.90. The molecule has 9 heavy (non-hydrogen) atoms. The molecule has 1 aliphatic rings. The van der Waals surface area contributed by atoms with Crippen molar-refractivity contribution in [2.24, 2.45) is 0 Å². The van der Waals surface area contributed by atoms with Gasteiger partial charge in [0.25, 0.3) is 0 Å². The first-order valence-electron chi connectivity index (χ1n) is 3.56. The molecule has 0 spiro atoms. The average molecular weight is 130 g/mol. The van der Waals surface area contributed by atoms with Gasteiger partial charge in [-0.3, -0.25) is 0 Å². The quantitative estimate of drug-likeness (QED) is 0.533. The lowest BCUT2D eigenvalue weighted by atomic mass is 10.3. The topological polar surface area (TPSA) is 21.8 Å². The third-order valence-electron chi connectivity index (χ3n) is 1.54. The van der Waals surface area contributed by atoms with Crippen LogP contribution in [0.4, 0.5) is 0 Å². The third kappa shape index (κ3) is 2.82. The maximum absolute atomic E-state index is 5.39. The van der Waals surface area contributed by atoms with E-state index in [1.165, 1.54) is 0 Å². The number of epoxide rings is 1. The van der Waals surface area contributed by atoms with Crippen LogP contribution in [0, 0.1) is 0 Å². The minimum Gasteiger partial charge on any atom is -0.376 e. The summed E-state index contributed by atoms with van der Waals surface area (Å²) >= 11 is 0. The fourth-order valence-corrected chi connectivity index (χ4v) is 0.554. The van der Waals surface area contributed by atoms with E-state index >= 15 is 0 Å². The Labute approximate surface area is 56.2 Å². The van der Waals surface area contributed by atoms with Crippen molar-refractivity contribution in [3.63, 3.8) is 0 Å². The summed E-state index contributed by atoms with van der Waals surface area (Å²) in [6, 6.07) is 0. The van der Waals surface area contributed by atoms with E-state index in [9.17, 15) is 0 Å². The molecular formula is C7H14O2. The van der Waals surface area contributed by atoms with Crippen molar-refractivity contribution in [3.8, 4) is 0 Å². The molecule has 1 rings (SSSR count). The van der Waals surface area contributed by atoms with Crippen LogP contribution in [0.1, 0.15) is 20.3 Å². The van der Waals surface area contributed by atoms with E-state index < -0.39 is 0 Å². The van der Waals surface area contributed by atoms with E-state index in [-0.39, 0.29) is 0 Å². The molecule has 0 saturated carbocycles. The van der Waals surface area contributed by atoms with Crippen molar-refractivity contribution in [2.75, 3.05) is 13.2 Å². The number of hydrogen-bond acceptors (Lipinski definition) is 2. The minimum atomic E-state index is 0.397. The largest absolute Gasteiger partial charge is 0.376 e. The van der Waals surface area contributed by atoms with E-state index in [2.05, 4.69) is 13.8 Å². The van der Waals surface area contributed by atoms with Crippen LogP contribution in [-0.4, -0.2) is 25.4 Å². The predicted molar refractivity (Wildman–Crippen MR) is 35.4 cm³/mol. The number of hydrogen-bond donors (Lipinski definition) is 0. The fourth-order valence-electron chi connectivity index (χ4n) is 0.554. The van der Waals surface area contributed by atoms with Gasteiger partial charge in [0.1, 0.15) is 6.10 Å². The Kier molecular flexibility index (Phi) is 2.49. The van der Waals surface area contributed by atoms with E-state index in [0.717, 1.165) is 19.6 Å². The van der Waals surface area contributed by atoms with E-state index in [0.29, 0.717) is 12.2 Å². The Morgan fingerprint density at radius 1 is 1.78 bits per heavy atom. The fraction of sp³-hybridized carbons (Fsp3) is 1.00. The first kappa shape index (κ1) is 7.03. The highest BCUT2D eigenvalue weighted by Gasteiger charge is 2.22. The average Bonchev–Trinajstić information content (AvgIpc) is 2.65. The lowest BCUT2D eigenvalue weighted by Crippen LogP contribution is -2.10. The Hall–Kier alpha value is -0.0800. The molecule has 1 saturated heterocycles. The Morgan fingerprint density at radius 3 is 2.89 bits per heavy atom. The number of rotatable bonds is 4. The lowest BCUT2D eigenvalue weighted by molar-refractivity contribution is 0.0523. The van der Waals surface area contributed by atoms with Gasteiger partial charge in [0.15, 0.2) is 0 Å². The van der Waals surface area contributed by atoms with E-state index in [4.69, 9.17) is 9.47 Å². The Balaban J connectivity index is 1.90. The van der Waals surface area contributed by atoms with Crippen LogP contribution in [0.5, 0.6) is 0 Å². The zero-order valence-electron chi connectivity index (χ0n) is 6.09. The highest BCUT2D eigenvalue weighted by molar-refractivity contribution is 4.67. The molecule has 1 heterocycles. The maximum atomic E-state index is 5.39.